The number of para-hydroxylation sites is 1. The van der Waals surface area contributed by atoms with E-state index < -0.39 is 0 Å². The third-order valence-electron chi connectivity index (χ3n) is 11.6. The molecule has 0 saturated carbocycles. The van der Waals surface area contributed by atoms with Crippen molar-refractivity contribution in [3.8, 4) is 67.5 Å². The predicted octanol–water partition coefficient (Wildman–Crippen LogP) is 15.3. The lowest BCUT2D eigenvalue weighted by atomic mass is 9.92. The van der Waals surface area contributed by atoms with Crippen molar-refractivity contribution in [2.24, 2.45) is 0 Å². The summed E-state index contributed by atoms with van der Waals surface area (Å²) in [6.45, 7) is 0. The summed E-state index contributed by atoms with van der Waals surface area (Å²) in [5, 5.41) is 6.90. The Kier molecular flexibility index (Phi) is 8.00. The Morgan fingerprint density at radius 3 is 1.68 bits per heavy atom. The topological polar surface area (TPSA) is 51.8 Å². The summed E-state index contributed by atoms with van der Waals surface area (Å²) < 4.78 is 9.80. The molecular weight excluding hydrogens is 751 g/mol. The van der Waals surface area contributed by atoms with E-state index in [1.807, 2.05) is 47.7 Å². The number of nitrogens with zero attached hydrogens (tertiary/aromatic N) is 3. The number of hydrogen-bond acceptors (Lipinski definition) is 5. The van der Waals surface area contributed by atoms with E-state index in [0.29, 0.717) is 17.5 Å². The van der Waals surface area contributed by atoms with Crippen molar-refractivity contribution < 1.29 is 4.42 Å². The van der Waals surface area contributed by atoms with Gasteiger partial charge in [-0.3, -0.25) is 0 Å². The molecule has 0 spiro atoms. The van der Waals surface area contributed by atoms with Gasteiger partial charge in [-0.15, -0.1) is 11.3 Å². The van der Waals surface area contributed by atoms with E-state index in [2.05, 4.69) is 164 Å². The van der Waals surface area contributed by atoms with Gasteiger partial charge < -0.3 is 4.42 Å². The van der Waals surface area contributed by atoms with E-state index in [-0.39, 0.29) is 0 Å². The minimum absolute atomic E-state index is 0.575. The molecule has 0 N–H and O–H groups in total. The van der Waals surface area contributed by atoms with E-state index in [0.717, 1.165) is 82.8 Å². The van der Waals surface area contributed by atoms with Crippen molar-refractivity contribution in [2.45, 2.75) is 0 Å². The van der Waals surface area contributed by atoms with Crippen LogP contribution >= 0.6 is 11.3 Å². The summed E-state index contributed by atoms with van der Waals surface area (Å²) >= 11 is 1.83. The van der Waals surface area contributed by atoms with Crippen molar-refractivity contribution in [3.05, 3.63) is 200 Å². The van der Waals surface area contributed by atoms with Crippen LogP contribution in [-0.2, 0) is 0 Å². The lowest BCUT2D eigenvalue weighted by Gasteiger charge is -2.14. The third-order valence-corrected chi connectivity index (χ3v) is 12.7. The van der Waals surface area contributed by atoms with Crippen molar-refractivity contribution in [1.82, 2.24) is 15.0 Å². The maximum atomic E-state index is 7.23. The monoisotopic (exact) mass is 783 g/mol. The summed E-state index contributed by atoms with van der Waals surface area (Å²) in [6.07, 6.45) is 0. The molecule has 0 amide bonds. The molecular formula is C55H33N3OS. The van der Waals surface area contributed by atoms with Crippen LogP contribution in [0.25, 0.3) is 120 Å². The van der Waals surface area contributed by atoms with Crippen molar-refractivity contribution in [1.29, 1.82) is 0 Å². The summed E-state index contributed by atoms with van der Waals surface area (Å²) in [7, 11) is 0. The number of fused-ring (bicyclic) bond motifs is 7. The summed E-state index contributed by atoms with van der Waals surface area (Å²) in [5.74, 6) is 1.78. The van der Waals surface area contributed by atoms with Gasteiger partial charge in [0.2, 0.25) is 0 Å². The molecule has 9 aromatic carbocycles. The van der Waals surface area contributed by atoms with Gasteiger partial charge in [0.1, 0.15) is 11.2 Å². The zero-order chi connectivity index (χ0) is 39.6. The van der Waals surface area contributed by atoms with E-state index in [1.165, 1.54) is 20.2 Å². The minimum Gasteiger partial charge on any atom is -0.455 e. The Bertz CT molecular complexity index is 3590. The highest BCUT2D eigenvalue weighted by atomic mass is 32.1. The van der Waals surface area contributed by atoms with Crippen LogP contribution in [0.5, 0.6) is 0 Å². The largest absolute Gasteiger partial charge is 0.455 e. The van der Waals surface area contributed by atoms with Crippen LogP contribution in [0.15, 0.2) is 205 Å². The Morgan fingerprint density at radius 2 is 0.867 bits per heavy atom. The van der Waals surface area contributed by atoms with Crippen LogP contribution in [0.3, 0.4) is 0 Å². The average Bonchev–Trinajstić information content (AvgIpc) is 3.90. The molecule has 0 bridgehead atoms. The first-order valence-electron chi connectivity index (χ1n) is 20.1. The fraction of sp³-hybridized carbons (Fsp3) is 0. The van der Waals surface area contributed by atoms with Gasteiger partial charge >= 0.3 is 0 Å². The molecule has 5 heteroatoms. The van der Waals surface area contributed by atoms with Crippen LogP contribution in [0, 0.1) is 0 Å². The molecule has 4 nitrogen and oxygen atoms in total. The third kappa shape index (κ3) is 5.70. The second kappa shape index (κ2) is 14.0. The molecule has 0 atom stereocenters. The number of furan rings is 1. The number of thiophene rings is 1. The number of hydrogen-bond donors (Lipinski definition) is 0. The van der Waals surface area contributed by atoms with E-state index in [9.17, 15) is 0 Å². The van der Waals surface area contributed by atoms with E-state index in [4.69, 9.17) is 19.4 Å². The summed E-state index contributed by atoms with van der Waals surface area (Å²) in [4.78, 5) is 15.6. The molecule has 0 unspecified atom stereocenters. The molecule has 0 aliphatic carbocycles. The first-order chi connectivity index (χ1) is 29.7. The predicted molar refractivity (Wildman–Crippen MR) is 250 cm³/mol. The summed E-state index contributed by atoms with van der Waals surface area (Å²) in [5.41, 5.74) is 10.8. The lowest BCUT2D eigenvalue weighted by Crippen LogP contribution is -2.01. The average molecular weight is 784 g/mol. The van der Waals surface area contributed by atoms with Gasteiger partial charge in [0, 0.05) is 58.8 Å². The van der Waals surface area contributed by atoms with Gasteiger partial charge in [0.25, 0.3) is 0 Å². The van der Waals surface area contributed by atoms with Crippen LogP contribution < -0.4 is 0 Å². The Labute approximate surface area is 349 Å². The van der Waals surface area contributed by atoms with Gasteiger partial charge in [0.05, 0.1) is 0 Å². The maximum absolute atomic E-state index is 7.23. The fourth-order valence-corrected chi connectivity index (χ4v) is 9.75. The normalized spacial score (nSPS) is 11.7. The standard InChI is InChI=1S/C55H33N3OS/c1-3-13-34(14-4-1)35-25-27-38(28-26-35)54-56-53(37-16-5-2-6-17-37)57-55(58-54)46-31-30-45-44-23-12-21-41(39-29-32-49-47(33-39)42-20-9-10-24-48(42)60-49)51(44)59-52(45)50(46)43-22-11-18-36-15-7-8-19-40(36)43/h1-33H. The van der Waals surface area contributed by atoms with Crippen molar-refractivity contribution >= 4 is 64.2 Å². The molecule has 0 aliphatic rings. The van der Waals surface area contributed by atoms with E-state index in [1.54, 1.807) is 0 Å². The van der Waals surface area contributed by atoms with Crippen LogP contribution in [0.4, 0.5) is 0 Å². The van der Waals surface area contributed by atoms with Gasteiger partial charge in [-0.25, -0.2) is 15.0 Å². The molecule has 0 radical (unpaired) electrons. The van der Waals surface area contributed by atoms with Crippen molar-refractivity contribution in [2.75, 3.05) is 0 Å². The Hall–Kier alpha value is -7.73. The molecule has 3 heterocycles. The first-order valence-corrected chi connectivity index (χ1v) is 20.9. The molecule has 0 aliphatic heterocycles. The zero-order valence-electron chi connectivity index (χ0n) is 32.2. The second-order valence-corrected chi connectivity index (χ2v) is 16.2. The molecule has 0 fully saturated rings. The molecule has 3 aromatic heterocycles. The smallest absolute Gasteiger partial charge is 0.164 e. The number of benzene rings is 9. The van der Waals surface area contributed by atoms with Gasteiger partial charge in [-0.1, -0.05) is 170 Å². The van der Waals surface area contributed by atoms with Gasteiger partial charge in [-0.05, 0) is 63.4 Å². The SMILES string of the molecule is c1ccc(-c2ccc(-c3nc(-c4ccccc4)nc(-c4ccc5c(oc6c(-c7ccc8sc9ccccc9c8c7)cccc65)c4-c4cccc5ccccc45)n3)cc2)cc1. The highest BCUT2D eigenvalue weighted by molar-refractivity contribution is 7.25. The second-order valence-electron chi connectivity index (χ2n) is 15.1. The van der Waals surface area contributed by atoms with E-state index >= 15 is 0 Å². The molecule has 280 valence electrons. The van der Waals surface area contributed by atoms with Gasteiger partial charge in [0.15, 0.2) is 17.5 Å². The fourth-order valence-electron chi connectivity index (χ4n) is 8.66. The minimum atomic E-state index is 0.575. The summed E-state index contributed by atoms with van der Waals surface area (Å²) in [6, 6.07) is 70.3. The zero-order valence-corrected chi connectivity index (χ0v) is 33.0. The first kappa shape index (κ1) is 34.3. The van der Waals surface area contributed by atoms with Crippen LogP contribution in [0.1, 0.15) is 0 Å². The molecule has 12 aromatic rings. The highest BCUT2D eigenvalue weighted by Gasteiger charge is 2.24. The quantitative estimate of drug-likeness (QED) is 0.169. The van der Waals surface area contributed by atoms with Gasteiger partial charge in [-0.2, -0.15) is 0 Å². The highest BCUT2D eigenvalue weighted by Crippen LogP contribution is 2.46. The Balaban J connectivity index is 1.11. The van der Waals surface area contributed by atoms with Crippen LogP contribution in [-0.4, -0.2) is 15.0 Å². The Morgan fingerprint density at radius 1 is 0.317 bits per heavy atom. The lowest BCUT2D eigenvalue weighted by molar-refractivity contribution is 0.671. The molecule has 0 saturated heterocycles. The van der Waals surface area contributed by atoms with Crippen molar-refractivity contribution in [3.63, 3.8) is 0 Å². The number of aromatic nitrogens is 3. The maximum Gasteiger partial charge on any atom is 0.164 e. The number of rotatable bonds is 6. The molecule has 60 heavy (non-hydrogen) atoms. The van der Waals surface area contributed by atoms with Crippen LogP contribution in [0.2, 0.25) is 0 Å². The molecule has 12 rings (SSSR count).